The summed E-state index contributed by atoms with van der Waals surface area (Å²) in [7, 11) is 1.84. The van der Waals surface area contributed by atoms with Crippen molar-refractivity contribution < 1.29 is 4.79 Å². The van der Waals surface area contributed by atoms with Crippen LogP contribution in [-0.2, 0) is 4.79 Å². The lowest BCUT2D eigenvalue weighted by Gasteiger charge is -2.23. The molecule has 2 aromatic heterocycles. The van der Waals surface area contributed by atoms with Crippen LogP contribution in [0.2, 0.25) is 0 Å². The number of aromatic nitrogens is 2. The molecule has 19 heavy (non-hydrogen) atoms. The van der Waals surface area contributed by atoms with Gasteiger partial charge in [0.25, 0.3) is 0 Å². The molecule has 4 heteroatoms. The maximum absolute atomic E-state index is 12.3. The summed E-state index contributed by atoms with van der Waals surface area (Å²) < 4.78 is 0. The molecule has 0 aliphatic heterocycles. The van der Waals surface area contributed by atoms with Crippen LogP contribution in [0.1, 0.15) is 32.3 Å². The van der Waals surface area contributed by atoms with E-state index in [0.29, 0.717) is 0 Å². The van der Waals surface area contributed by atoms with Crippen molar-refractivity contribution >= 4 is 16.8 Å². The number of H-pyrrole nitrogens is 1. The van der Waals surface area contributed by atoms with E-state index in [4.69, 9.17) is 0 Å². The minimum absolute atomic E-state index is 0.0260. The standard InChI is InChI=1S/C15H21N3O/c1-9(2)15(19)13(16-4)10(3)11-8-18-12-6-5-7-17-14(11)12/h5-10,13,16,18H,1-4H3. The van der Waals surface area contributed by atoms with Crippen molar-refractivity contribution in [1.29, 1.82) is 0 Å². The Kier molecular flexibility index (Phi) is 4.00. The summed E-state index contributed by atoms with van der Waals surface area (Å²) in [4.78, 5) is 19.9. The second kappa shape index (κ2) is 5.53. The number of aromatic amines is 1. The van der Waals surface area contributed by atoms with Gasteiger partial charge in [-0.15, -0.1) is 0 Å². The number of rotatable bonds is 5. The van der Waals surface area contributed by atoms with Gasteiger partial charge in [0.05, 0.1) is 17.1 Å². The SMILES string of the molecule is CNC(C(=O)C(C)C)C(C)c1c[nH]c2cccnc12. The molecule has 2 atom stereocenters. The highest BCUT2D eigenvalue weighted by molar-refractivity contribution is 5.88. The first-order chi connectivity index (χ1) is 9.06. The number of nitrogens with one attached hydrogen (secondary N) is 2. The Balaban J connectivity index is 2.37. The average molecular weight is 259 g/mol. The van der Waals surface area contributed by atoms with Gasteiger partial charge in [0.1, 0.15) is 0 Å². The average Bonchev–Trinajstić information content (AvgIpc) is 2.82. The van der Waals surface area contributed by atoms with E-state index < -0.39 is 0 Å². The van der Waals surface area contributed by atoms with E-state index in [0.717, 1.165) is 16.6 Å². The molecule has 0 amide bonds. The lowest BCUT2D eigenvalue weighted by atomic mass is 9.87. The maximum Gasteiger partial charge on any atom is 0.152 e. The predicted octanol–water partition coefficient (Wildman–Crippen LogP) is 2.48. The Labute approximate surface area is 113 Å². The molecule has 2 aromatic rings. The Morgan fingerprint density at radius 3 is 2.74 bits per heavy atom. The van der Waals surface area contributed by atoms with Crippen LogP contribution >= 0.6 is 0 Å². The third kappa shape index (κ3) is 2.54. The summed E-state index contributed by atoms with van der Waals surface area (Å²) in [5.41, 5.74) is 3.05. The van der Waals surface area contributed by atoms with Crippen LogP contribution in [0.25, 0.3) is 11.0 Å². The van der Waals surface area contributed by atoms with Crippen LogP contribution in [0.5, 0.6) is 0 Å². The van der Waals surface area contributed by atoms with E-state index in [9.17, 15) is 4.79 Å². The fourth-order valence-electron chi connectivity index (χ4n) is 2.50. The molecule has 0 radical (unpaired) electrons. The van der Waals surface area contributed by atoms with Gasteiger partial charge in [0, 0.05) is 29.8 Å². The first-order valence-corrected chi connectivity index (χ1v) is 6.69. The lowest BCUT2D eigenvalue weighted by molar-refractivity contribution is -0.124. The zero-order valence-corrected chi connectivity index (χ0v) is 11.9. The van der Waals surface area contributed by atoms with Gasteiger partial charge in [-0.2, -0.15) is 0 Å². The third-order valence-electron chi connectivity index (χ3n) is 3.64. The normalized spacial score (nSPS) is 14.8. The van der Waals surface area contributed by atoms with Gasteiger partial charge in [-0.1, -0.05) is 20.8 Å². The van der Waals surface area contributed by atoms with Crippen molar-refractivity contribution in [2.24, 2.45) is 5.92 Å². The van der Waals surface area contributed by atoms with Crippen molar-refractivity contribution in [3.63, 3.8) is 0 Å². The Bertz CT molecular complexity index is 574. The van der Waals surface area contributed by atoms with Crippen LogP contribution in [-0.4, -0.2) is 28.8 Å². The number of ketones is 1. The Morgan fingerprint density at radius 1 is 1.37 bits per heavy atom. The second-order valence-corrected chi connectivity index (χ2v) is 5.26. The molecule has 0 aliphatic carbocycles. The fraction of sp³-hybridized carbons (Fsp3) is 0.467. The smallest absolute Gasteiger partial charge is 0.152 e. The van der Waals surface area contributed by atoms with Gasteiger partial charge < -0.3 is 10.3 Å². The van der Waals surface area contributed by atoms with Gasteiger partial charge in [0.15, 0.2) is 5.78 Å². The van der Waals surface area contributed by atoms with E-state index >= 15 is 0 Å². The largest absolute Gasteiger partial charge is 0.360 e. The van der Waals surface area contributed by atoms with Crippen molar-refractivity contribution in [2.45, 2.75) is 32.7 Å². The molecule has 0 saturated heterocycles. The molecule has 0 aromatic carbocycles. The van der Waals surface area contributed by atoms with Gasteiger partial charge in [-0.25, -0.2) is 0 Å². The van der Waals surface area contributed by atoms with Crippen LogP contribution in [0, 0.1) is 5.92 Å². The number of pyridine rings is 1. The molecule has 0 saturated carbocycles. The number of fused-ring (bicyclic) bond motifs is 1. The molecule has 2 N–H and O–H groups in total. The molecule has 0 aliphatic rings. The van der Waals surface area contributed by atoms with Crippen molar-refractivity contribution in [3.8, 4) is 0 Å². The number of likely N-dealkylation sites (N-methyl/N-ethyl adjacent to an activating group) is 1. The number of hydrogen-bond donors (Lipinski definition) is 2. The van der Waals surface area contributed by atoms with E-state index in [1.165, 1.54) is 0 Å². The van der Waals surface area contributed by atoms with Crippen molar-refractivity contribution in [1.82, 2.24) is 15.3 Å². The zero-order chi connectivity index (χ0) is 14.0. The lowest BCUT2D eigenvalue weighted by Crippen LogP contribution is -2.40. The summed E-state index contributed by atoms with van der Waals surface area (Å²) in [5.74, 6) is 0.349. The molecule has 0 spiro atoms. The Hall–Kier alpha value is -1.68. The first kappa shape index (κ1) is 13.7. The number of nitrogens with zero attached hydrogens (tertiary/aromatic N) is 1. The monoisotopic (exact) mass is 259 g/mol. The van der Waals surface area contributed by atoms with Crippen LogP contribution in [0.4, 0.5) is 0 Å². The summed E-state index contributed by atoms with van der Waals surface area (Å²) in [6.07, 6.45) is 3.74. The molecule has 102 valence electrons. The van der Waals surface area contributed by atoms with Crippen LogP contribution in [0.15, 0.2) is 24.5 Å². The predicted molar refractivity (Wildman–Crippen MR) is 77.2 cm³/mol. The molecular weight excluding hydrogens is 238 g/mol. The second-order valence-electron chi connectivity index (χ2n) is 5.26. The molecule has 2 heterocycles. The molecule has 0 fully saturated rings. The number of hydrogen-bond acceptors (Lipinski definition) is 3. The highest BCUT2D eigenvalue weighted by Gasteiger charge is 2.28. The first-order valence-electron chi connectivity index (χ1n) is 6.69. The molecule has 2 rings (SSSR count). The summed E-state index contributed by atoms with van der Waals surface area (Å²) >= 11 is 0. The van der Waals surface area contributed by atoms with Gasteiger partial charge in [0.2, 0.25) is 0 Å². The van der Waals surface area contributed by atoms with Crippen molar-refractivity contribution in [3.05, 3.63) is 30.1 Å². The van der Waals surface area contributed by atoms with E-state index in [2.05, 4.69) is 22.2 Å². The molecule has 2 unspecified atom stereocenters. The Morgan fingerprint density at radius 2 is 2.11 bits per heavy atom. The quantitative estimate of drug-likeness (QED) is 0.867. The minimum Gasteiger partial charge on any atom is -0.360 e. The summed E-state index contributed by atoms with van der Waals surface area (Å²) in [6.45, 7) is 5.94. The highest BCUT2D eigenvalue weighted by Crippen LogP contribution is 2.27. The van der Waals surface area contributed by atoms with Crippen molar-refractivity contribution in [2.75, 3.05) is 7.05 Å². The third-order valence-corrected chi connectivity index (χ3v) is 3.64. The molecule has 4 nitrogen and oxygen atoms in total. The maximum atomic E-state index is 12.3. The van der Waals surface area contributed by atoms with E-state index in [1.54, 1.807) is 6.20 Å². The van der Waals surface area contributed by atoms with Gasteiger partial charge >= 0.3 is 0 Å². The summed E-state index contributed by atoms with van der Waals surface area (Å²) in [5, 5.41) is 3.14. The number of Topliss-reactive ketones (excluding diaryl/α,β-unsaturated/α-hetero) is 1. The zero-order valence-electron chi connectivity index (χ0n) is 11.9. The number of carbonyl (C=O) groups is 1. The van der Waals surface area contributed by atoms with Crippen LogP contribution < -0.4 is 5.32 Å². The fourth-order valence-corrected chi connectivity index (χ4v) is 2.50. The van der Waals surface area contributed by atoms with Gasteiger partial charge in [-0.3, -0.25) is 9.78 Å². The highest BCUT2D eigenvalue weighted by atomic mass is 16.1. The van der Waals surface area contributed by atoms with E-state index in [1.807, 2.05) is 39.2 Å². The van der Waals surface area contributed by atoms with E-state index in [-0.39, 0.29) is 23.7 Å². The molecular formula is C15H21N3O. The van der Waals surface area contributed by atoms with Gasteiger partial charge in [-0.05, 0) is 19.2 Å². The molecule has 0 bridgehead atoms. The topological polar surface area (TPSA) is 57.8 Å². The number of carbonyl (C=O) groups excluding carboxylic acids is 1. The minimum atomic E-state index is -0.180. The van der Waals surface area contributed by atoms with Crippen LogP contribution in [0.3, 0.4) is 0 Å². The summed E-state index contributed by atoms with van der Waals surface area (Å²) in [6, 6.07) is 3.72.